The smallest absolute Gasteiger partial charge is 0.249 e. The van der Waals surface area contributed by atoms with E-state index in [1.165, 1.54) is 12.0 Å². The first-order valence-electron chi connectivity index (χ1n) is 8.36. The van der Waals surface area contributed by atoms with E-state index in [1.54, 1.807) is 11.8 Å². The molecule has 1 aliphatic carbocycles. The SMILES string of the molecule is C[C@@H](NC(=O)C1CCCCC1)C(=O)N1CCc2ccccc21. The Labute approximate surface area is 131 Å². The molecule has 0 unspecified atom stereocenters. The summed E-state index contributed by atoms with van der Waals surface area (Å²) in [5.41, 5.74) is 2.20. The summed E-state index contributed by atoms with van der Waals surface area (Å²) in [5, 5.41) is 2.93. The van der Waals surface area contributed by atoms with Crippen molar-refractivity contribution in [2.75, 3.05) is 11.4 Å². The molecule has 4 nitrogen and oxygen atoms in total. The van der Waals surface area contributed by atoms with E-state index in [0.717, 1.165) is 37.8 Å². The Kier molecular flexibility index (Phi) is 4.46. The number of para-hydroxylation sites is 1. The lowest BCUT2D eigenvalue weighted by atomic mass is 9.88. The van der Waals surface area contributed by atoms with Crippen molar-refractivity contribution in [2.45, 2.75) is 51.5 Å². The topological polar surface area (TPSA) is 49.4 Å². The summed E-state index contributed by atoms with van der Waals surface area (Å²) in [6.07, 6.45) is 6.28. The van der Waals surface area contributed by atoms with Crippen molar-refractivity contribution < 1.29 is 9.59 Å². The highest BCUT2D eigenvalue weighted by Gasteiger charge is 2.30. The minimum absolute atomic E-state index is 0.00545. The van der Waals surface area contributed by atoms with Gasteiger partial charge in [0.05, 0.1) is 0 Å². The van der Waals surface area contributed by atoms with Crippen molar-refractivity contribution >= 4 is 17.5 Å². The van der Waals surface area contributed by atoms with Crippen molar-refractivity contribution in [3.8, 4) is 0 Å². The monoisotopic (exact) mass is 300 g/mol. The van der Waals surface area contributed by atoms with Crippen LogP contribution >= 0.6 is 0 Å². The Morgan fingerprint density at radius 3 is 2.68 bits per heavy atom. The Morgan fingerprint density at radius 2 is 1.91 bits per heavy atom. The summed E-state index contributed by atoms with van der Waals surface area (Å²) in [7, 11) is 0. The molecule has 2 amide bonds. The zero-order valence-electron chi connectivity index (χ0n) is 13.2. The highest BCUT2D eigenvalue weighted by molar-refractivity contribution is 6.00. The van der Waals surface area contributed by atoms with E-state index < -0.39 is 6.04 Å². The molecule has 1 aliphatic heterocycles. The lowest BCUT2D eigenvalue weighted by molar-refractivity contribution is -0.130. The van der Waals surface area contributed by atoms with Gasteiger partial charge in [0.25, 0.3) is 0 Å². The van der Waals surface area contributed by atoms with E-state index in [4.69, 9.17) is 0 Å². The molecule has 0 saturated heterocycles. The van der Waals surface area contributed by atoms with Crippen molar-refractivity contribution in [3.63, 3.8) is 0 Å². The van der Waals surface area contributed by atoms with E-state index in [2.05, 4.69) is 11.4 Å². The Bertz CT molecular complexity index is 564. The fraction of sp³-hybridized carbons (Fsp3) is 0.556. The highest BCUT2D eigenvalue weighted by atomic mass is 16.2. The summed E-state index contributed by atoms with van der Waals surface area (Å²) >= 11 is 0. The fourth-order valence-electron chi connectivity index (χ4n) is 3.56. The molecule has 22 heavy (non-hydrogen) atoms. The van der Waals surface area contributed by atoms with Crippen LogP contribution in [0.15, 0.2) is 24.3 Å². The molecule has 4 heteroatoms. The standard InChI is InChI=1S/C18H24N2O2/c1-13(19-17(21)15-8-3-2-4-9-15)18(22)20-12-11-14-7-5-6-10-16(14)20/h5-7,10,13,15H,2-4,8-9,11-12H2,1H3,(H,19,21)/t13-/m1/s1. The lowest BCUT2D eigenvalue weighted by Gasteiger charge is -2.25. The number of carbonyl (C=O) groups is 2. The summed E-state index contributed by atoms with van der Waals surface area (Å²) < 4.78 is 0. The number of anilines is 1. The van der Waals surface area contributed by atoms with Crippen LogP contribution in [0.1, 0.15) is 44.6 Å². The Morgan fingerprint density at radius 1 is 1.18 bits per heavy atom. The van der Waals surface area contributed by atoms with Gasteiger partial charge in [0.15, 0.2) is 0 Å². The van der Waals surface area contributed by atoms with Crippen LogP contribution in [0.3, 0.4) is 0 Å². The molecule has 1 N–H and O–H groups in total. The molecular formula is C18H24N2O2. The molecule has 1 heterocycles. The van der Waals surface area contributed by atoms with Gasteiger partial charge < -0.3 is 10.2 Å². The Balaban J connectivity index is 1.62. The minimum Gasteiger partial charge on any atom is -0.344 e. The average molecular weight is 300 g/mol. The molecule has 0 bridgehead atoms. The average Bonchev–Trinajstić information content (AvgIpc) is 2.99. The molecule has 118 valence electrons. The molecule has 0 spiro atoms. The summed E-state index contributed by atoms with van der Waals surface area (Å²) in [6, 6.07) is 7.54. The number of fused-ring (bicyclic) bond motifs is 1. The van der Waals surface area contributed by atoms with Gasteiger partial charge in [-0.05, 0) is 37.8 Å². The molecule has 1 aromatic carbocycles. The number of rotatable bonds is 3. The van der Waals surface area contributed by atoms with Gasteiger partial charge in [0.1, 0.15) is 6.04 Å². The lowest BCUT2D eigenvalue weighted by Crippen LogP contribution is -2.48. The van der Waals surface area contributed by atoms with E-state index >= 15 is 0 Å². The zero-order valence-corrected chi connectivity index (χ0v) is 13.2. The van der Waals surface area contributed by atoms with E-state index in [9.17, 15) is 9.59 Å². The summed E-state index contributed by atoms with van der Waals surface area (Å²) in [5.74, 6) is 0.136. The summed E-state index contributed by atoms with van der Waals surface area (Å²) in [4.78, 5) is 26.7. The van der Waals surface area contributed by atoms with Gasteiger partial charge in [-0.1, -0.05) is 37.5 Å². The minimum atomic E-state index is -0.458. The van der Waals surface area contributed by atoms with Gasteiger partial charge >= 0.3 is 0 Å². The third-order valence-corrected chi connectivity index (χ3v) is 4.86. The van der Waals surface area contributed by atoms with Crippen molar-refractivity contribution in [1.82, 2.24) is 5.32 Å². The number of amides is 2. The first kappa shape index (κ1) is 15.1. The molecule has 1 fully saturated rings. The Hall–Kier alpha value is -1.84. The summed E-state index contributed by atoms with van der Waals surface area (Å²) in [6.45, 7) is 2.51. The van der Waals surface area contributed by atoms with Crippen LogP contribution in [-0.2, 0) is 16.0 Å². The predicted octanol–water partition coefficient (Wildman–Crippen LogP) is 2.66. The van der Waals surface area contributed by atoms with Gasteiger partial charge in [-0.2, -0.15) is 0 Å². The second-order valence-electron chi connectivity index (χ2n) is 6.43. The third kappa shape index (κ3) is 3.01. The number of hydrogen-bond acceptors (Lipinski definition) is 2. The van der Waals surface area contributed by atoms with Crippen LogP contribution in [-0.4, -0.2) is 24.4 Å². The van der Waals surface area contributed by atoms with Crippen LogP contribution in [0.4, 0.5) is 5.69 Å². The molecule has 2 aliphatic rings. The van der Waals surface area contributed by atoms with Crippen molar-refractivity contribution in [1.29, 1.82) is 0 Å². The molecule has 3 rings (SSSR count). The van der Waals surface area contributed by atoms with Crippen LogP contribution in [0.5, 0.6) is 0 Å². The molecule has 1 atom stereocenters. The van der Waals surface area contributed by atoms with Gasteiger partial charge in [0, 0.05) is 18.2 Å². The number of nitrogens with zero attached hydrogens (tertiary/aromatic N) is 1. The molecule has 1 saturated carbocycles. The number of hydrogen-bond donors (Lipinski definition) is 1. The normalized spacial score (nSPS) is 19.6. The van der Waals surface area contributed by atoms with Crippen LogP contribution in [0.25, 0.3) is 0 Å². The van der Waals surface area contributed by atoms with E-state index in [-0.39, 0.29) is 17.7 Å². The third-order valence-electron chi connectivity index (χ3n) is 4.86. The van der Waals surface area contributed by atoms with E-state index in [1.807, 2.05) is 18.2 Å². The molecule has 0 radical (unpaired) electrons. The largest absolute Gasteiger partial charge is 0.344 e. The fourth-order valence-corrected chi connectivity index (χ4v) is 3.56. The van der Waals surface area contributed by atoms with Crippen LogP contribution < -0.4 is 10.2 Å². The molecule has 1 aromatic rings. The van der Waals surface area contributed by atoms with Crippen molar-refractivity contribution in [3.05, 3.63) is 29.8 Å². The first-order chi connectivity index (χ1) is 10.7. The van der Waals surface area contributed by atoms with Gasteiger partial charge in [-0.15, -0.1) is 0 Å². The maximum Gasteiger partial charge on any atom is 0.249 e. The maximum atomic E-state index is 12.6. The zero-order chi connectivity index (χ0) is 15.5. The van der Waals surface area contributed by atoms with Gasteiger partial charge in [-0.3, -0.25) is 9.59 Å². The number of carbonyl (C=O) groups excluding carboxylic acids is 2. The van der Waals surface area contributed by atoms with Gasteiger partial charge in [0.2, 0.25) is 11.8 Å². The van der Waals surface area contributed by atoms with Crippen LogP contribution in [0.2, 0.25) is 0 Å². The predicted molar refractivity (Wildman–Crippen MR) is 86.7 cm³/mol. The quantitative estimate of drug-likeness (QED) is 0.933. The van der Waals surface area contributed by atoms with Gasteiger partial charge in [-0.25, -0.2) is 0 Å². The number of benzene rings is 1. The first-order valence-corrected chi connectivity index (χ1v) is 8.36. The second-order valence-corrected chi connectivity index (χ2v) is 6.43. The highest BCUT2D eigenvalue weighted by Crippen LogP contribution is 2.28. The number of nitrogens with one attached hydrogen (secondary N) is 1. The van der Waals surface area contributed by atoms with Crippen LogP contribution in [0, 0.1) is 5.92 Å². The maximum absolute atomic E-state index is 12.6. The molecular weight excluding hydrogens is 276 g/mol. The molecule has 0 aromatic heterocycles. The van der Waals surface area contributed by atoms with E-state index in [0.29, 0.717) is 6.54 Å². The second kappa shape index (κ2) is 6.51. The van der Waals surface area contributed by atoms with Crippen molar-refractivity contribution in [2.24, 2.45) is 5.92 Å².